The molecule has 0 bridgehead atoms. The van der Waals surface area contributed by atoms with Crippen LogP contribution in [0.15, 0.2) is 41.3 Å². The van der Waals surface area contributed by atoms with E-state index in [1.54, 1.807) is 12.1 Å². The van der Waals surface area contributed by atoms with Crippen LogP contribution >= 0.6 is 11.6 Å². The third-order valence-electron chi connectivity index (χ3n) is 5.28. The molecule has 7 nitrogen and oxygen atoms in total. The van der Waals surface area contributed by atoms with Crippen LogP contribution in [0.3, 0.4) is 0 Å². The normalized spacial score (nSPS) is 17.4. The van der Waals surface area contributed by atoms with E-state index in [1.165, 1.54) is 16.4 Å². The van der Waals surface area contributed by atoms with Crippen LogP contribution in [0, 0.1) is 11.7 Å². The predicted octanol–water partition coefficient (Wildman–Crippen LogP) is 3.39. The van der Waals surface area contributed by atoms with Gasteiger partial charge in [-0.05, 0) is 54.8 Å². The lowest BCUT2D eigenvalue weighted by Gasteiger charge is -2.30. The van der Waals surface area contributed by atoms with Gasteiger partial charge in [-0.1, -0.05) is 11.6 Å². The molecule has 2 aliphatic rings. The number of halogens is 2. The zero-order chi connectivity index (χ0) is 22.0. The van der Waals surface area contributed by atoms with Crippen LogP contribution in [0.1, 0.15) is 18.4 Å². The van der Waals surface area contributed by atoms with Gasteiger partial charge >= 0.3 is 5.97 Å². The quantitative estimate of drug-likeness (QED) is 0.624. The Kier molecular flexibility index (Phi) is 6.36. The van der Waals surface area contributed by atoms with Gasteiger partial charge in [0, 0.05) is 13.1 Å². The van der Waals surface area contributed by atoms with Crippen molar-refractivity contribution < 1.29 is 31.8 Å². The van der Waals surface area contributed by atoms with Gasteiger partial charge in [-0.25, -0.2) is 12.8 Å². The van der Waals surface area contributed by atoms with E-state index < -0.39 is 21.8 Å². The number of carbonyl (C=O) groups is 1. The van der Waals surface area contributed by atoms with Crippen molar-refractivity contribution in [2.45, 2.75) is 24.3 Å². The summed E-state index contributed by atoms with van der Waals surface area (Å²) in [5, 5.41) is 0.391. The molecule has 0 aromatic heterocycles. The number of fused-ring (bicyclic) bond motifs is 1. The topological polar surface area (TPSA) is 82.1 Å². The predicted molar refractivity (Wildman–Crippen MR) is 110 cm³/mol. The van der Waals surface area contributed by atoms with Crippen LogP contribution in [-0.2, 0) is 26.2 Å². The lowest BCUT2D eigenvalue weighted by molar-refractivity contribution is -0.151. The van der Waals surface area contributed by atoms with Crippen molar-refractivity contribution in [3.8, 4) is 11.5 Å². The molecule has 0 spiro atoms. The third-order valence-corrected chi connectivity index (χ3v) is 7.47. The lowest BCUT2D eigenvalue weighted by atomic mass is 9.98. The number of piperidine rings is 1. The highest BCUT2D eigenvalue weighted by molar-refractivity contribution is 7.89. The minimum absolute atomic E-state index is 0.0310. The molecule has 0 N–H and O–H groups in total. The number of ether oxygens (including phenoxy) is 3. The standard InChI is InChI=1S/C21H21ClFNO6S/c22-18-11-14(12-19-20(18)29-10-9-28-19)13-30-21(25)15-5-7-24(8-6-15)31(26,27)17-3-1-16(23)2-4-17/h1-4,11-12,15H,5-10,13H2. The molecular formula is C21H21ClFNO6S. The van der Waals surface area contributed by atoms with Crippen LogP contribution in [-0.4, -0.2) is 45.0 Å². The van der Waals surface area contributed by atoms with Crippen LogP contribution in [0.5, 0.6) is 11.5 Å². The maximum atomic E-state index is 13.1. The Morgan fingerprint density at radius 1 is 1.13 bits per heavy atom. The Hall–Kier alpha value is -2.36. The Morgan fingerprint density at radius 3 is 2.52 bits per heavy atom. The molecule has 0 atom stereocenters. The Bertz CT molecular complexity index is 1070. The molecule has 31 heavy (non-hydrogen) atoms. The van der Waals surface area contributed by atoms with E-state index in [9.17, 15) is 17.6 Å². The third kappa shape index (κ3) is 4.78. The van der Waals surface area contributed by atoms with Crippen LogP contribution in [0.2, 0.25) is 5.02 Å². The Labute approximate surface area is 184 Å². The first-order chi connectivity index (χ1) is 14.8. The molecule has 0 unspecified atom stereocenters. The average Bonchev–Trinajstić information content (AvgIpc) is 2.78. The van der Waals surface area contributed by atoms with Gasteiger partial charge in [0.1, 0.15) is 25.6 Å². The van der Waals surface area contributed by atoms with E-state index in [0.717, 1.165) is 12.1 Å². The molecule has 4 rings (SSSR count). The van der Waals surface area contributed by atoms with Crippen molar-refractivity contribution in [1.82, 2.24) is 4.31 Å². The van der Waals surface area contributed by atoms with Crippen LogP contribution in [0.4, 0.5) is 4.39 Å². The molecule has 2 aliphatic heterocycles. The first kappa shape index (κ1) is 21.9. The Morgan fingerprint density at radius 2 is 1.81 bits per heavy atom. The number of sulfonamides is 1. The summed E-state index contributed by atoms with van der Waals surface area (Å²) in [7, 11) is -3.72. The molecule has 166 valence electrons. The zero-order valence-electron chi connectivity index (χ0n) is 16.6. The summed E-state index contributed by atoms with van der Waals surface area (Å²) in [6.45, 7) is 1.26. The molecular weight excluding hydrogens is 449 g/mol. The van der Waals surface area contributed by atoms with Crippen molar-refractivity contribution in [1.29, 1.82) is 0 Å². The van der Waals surface area contributed by atoms with Gasteiger partial charge in [0.25, 0.3) is 0 Å². The number of hydrogen-bond donors (Lipinski definition) is 0. The maximum absolute atomic E-state index is 13.1. The lowest BCUT2D eigenvalue weighted by Crippen LogP contribution is -2.40. The van der Waals surface area contributed by atoms with E-state index in [0.29, 0.717) is 48.1 Å². The van der Waals surface area contributed by atoms with Gasteiger partial charge in [-0.15, -0.1) is 0 Å². The van der Waals surface area contributed by atoms with Gasteiger partial charge in [-0.2, -0.15) is 4.31 Å². The van der Waals surface area contributed by atoms with E-state index in [4.69, 9.17) is 25.8 Å². The largest absolute Gasteiger partial charge is 0.486 e. The van der Waals surface area contributed by atoms with E-state index in [-0.39, 0.29) is 30.6 Å². The highest BCUT2D eigenvalue weighted by atomic mass is 35.5. The van der Waals surface area contributed by atoms with Gasteiger partial charge in [0.05, 0.1) is 15.8 Å². The molecule has 0 saturated carbocycles. The molecule has 1 saturated heterocycles. The van der Waals surface area contributed by atoms with Crippen molar-refractivity contribution in [3.05, 3.63) is 52.8 Å². The second-order valence-corrected chi connectivity index (χ2v) is 9.69. The zero-order valence-corrected chi connectivity index (χ0v) is 18.1. The molecule has 0 aliphatic carbocycles. The first-order valence-electron chi connectivity index (χ1n) is 9.85. The second-order valence-electron chi connectivity index (χ2n) is 7.34. The fourth-order valence-electron chi connectivity index (χ4n) is 3.61. The van der Waals surface area contributed by atoms with Crippen molar-refractivity contribution in [3.63, 3.8) is 0 Å². The summed E-state index contributed by atoms with van der Waals surface area (Å²) >= 11 is 6.20. The van der Waals surface area contributed by atoms with Crippen molar-refractivity contribution in [2.75, 3.05) is 26.3 Å². The molecule has 2 aromatic carbocycles. The molecule has 0 radical (unpaired) electrons. The van der Waals surface area contributed by atoms with Crippen molar-refractivity contribution in [2.24, 2.45) is 5.92 Å². The van der Waals surface area contributed by atoms with Gasteiger partial charge in [0.15, 0.2) is 11.5 Å². The summed E-state index contributed by atoms with van der Waals surface area (Å²) in [6, 6.07) is 8.10. The summed E-state index contributed by atoms with van der Waals surface area (Å²) < 4.78 is 56.2. The highest BCUT2D eigenvalue weighted by Crippen LogP contribution is 2.38. The second kappa shape index (κ2) is 9.02. The molecule has 0 amide bonds. The fourth-order valence-corrected chi connectivity index (χ4v) is 5.36. The number of rotatable bonds is 5. The van der Waals surface area contributed by atoms with E-state index >= 15 is 0 Å². The summed E-state index contributed by atoms with van der Waals surface area (Å²) in [6.07, 6.45) is 0.697. The van der Waals surface area contributed by atoms with Crippen LogP contribution in [0.25, 0.3) is 0 Å². The first-order valence-corrected chi connectivity index (χ1v) is 11.7. The number of esters is 1. The SMILES string of the molecule is O=C(OCc1cc(Cl)c2c(c1)OCCO2)C1CCN(S(=O)(=O)c2ccc(F)cc2)CC1. The molecule has 10 heteroatoms. The highest BCUT2D eigenvalue weighted by Gasteiger charge is 2.33. The minimum Gasteiger partial charge on any atom is -0.486 e. The number of carbonyl (C=O) groups excluding carboxylic acids is 1. The van der Waals surface area contributed by atoms with Gasteiger partial charge in [0.2, 0.25) is 10.0 Å². The van der Waals surface area contributed by atoms with Gasteiger partial charge in [-0.3, -0.25) is 4.79 Å². The summed E-state index contributed by atoms with van der Waals surface area (Å²) in [5.74, 6) is -0.279. The Balaban J connectivity index is 1.32. The number of hydrogen-bond acceptors (Lipinski definition) is 6. The van der Waals surface area contributed by atoms with Crippen LogP contribution < -0.4 is 9.47 Å². The van der Waals surface area contributed by atoms with Gasteiger partial charge < -0.3 is 14.2 Å². The average molecular weight is 470 g/mol. The fraction of sp³-hybridized carbons (Fsp3) is 0.381. The monoisotopic (exact) mass is 469 g/mol. The molecule has 1 fully saturated rings. The number of nitrogens with zero attached hydrogens (tertiary/aromatic N) is 1. The summed E-state index contributed by atoms with van der Waals surface area (Å²) in [4.78, 5) is 12.5. The van der Waals surface area contributed by atoms with E-state index in [2.05, 4.69) is 0 Å². The smallest absolute Gasteiger partial charge is 0.309 e. The minimum atomic E-state index is -3.72. The molecule has 2 aromatic rings. The summed E-state index contributed by atoms with van der Waals surface area (Å²) in [5.41, 5.74) is 0.680. The number of benzene rings is 2. The van der Waals surface area contributed by atoms with Crippen molar-refractivity contribution >= 4 is 27.6 Å². The van der Waals surface area contributed by atoms with E-state index in [1.807, 2.05) is 0 Å². The maximum Gasteiger partial charge on any atom is 0.309 e. The molecule has 2 heterocycles.